The summed E-state index contributed by atoms with van der Waals surface area (Å²) < 4.78 is 7.22. The lowest BCUT2D eigenvalue weighted by molar-refractivity contribution is 0.0679. The molecule has 0 amide bonds. The van der Waals surface area contributed by atoms with Crippen molar-refractivity contribution in [2.45, 2.75) is 52.5 Å². The Morgan fingerprint density at radius 2 is 2.06 bits per heavy atom. The van der Waals surface area contributed by atoms with Crippen LogP contribution in [0.5, 0.6) is 0 Å². The fraction of sp³-hybridized carbons (Fsp3) is 0.533. The number of hydrogen-bond acceptors (Lipinski definition) is 2. The van der Waals surface area contributed by atoms with Crippen LogP contribution in [0, 0.1) is 0 Å². The van der Waals surface area contributed by atoms with E-state index in [2.05, 4.69) is 25.6 Å². The van der Waals surface area contributed by atoms with Crippen molar-refractivity contribution >= 4 is 5.57 Å². The molecule has 1 aromatic heterocycles. The maximum absolute atomic E-state index is 5.28. The number of hydrogen-bond donors (Lipinski definition) is 0. The van der Waals surface area contributed by atoms with E-state index in [-0.39, 0.29) is 0 Å². The molecule has 0 aromatic carbocycles. The first-order chi connectivity index (χ1) is 8.78. The average molecular weight is 248 g/mol. The smallest absolute Gasteiger partial charge is 0.215 e. The van der Waals surface area contributed by atoms with Gasteiger partial charge < -0.3 is 0 Å². The highest BCUT2D eigenvalue weighted by Crippen LogP contribution is 2.26. The zero-order chi connectivity index (χ0) is 13.4. The third kappa shape index (κ3) is 3.49. The Hall–Kier alpha value is -1.51. The molecule has 1 rings (SSSR count). The van der Waals surface area contributed by atoms with Crippen LogP contribution in [0.4, 0.5) is 0 Å². The Morgan fingerprint density at radius 3 is 2.44 bits per heavy atom. The van der Waals surface area contributed by atoms with Gasteiger partial charge in [-0.05, 0) is 24.9 Å². The van der Waals surface area contributed by atoms with Crippen molar-refractivity contribution in [1.29, 1.82) is 0 Å². The van der Waals surface area contributed by atoms with Gasteiger partial charge in [-0.3, -0.25) is 4.63 Å². The minimum absolute atomic E-state index is 0.418. The molecule has 3 heteroatoms. The second kappa shape index (κ2) is 7.75. The van der Waals surface area contributed by atoms with Crippen molar-refractivity contribution in [1.82, 2.24) is 9.90 Å². The Balaban J connectivity index is 2.90. The van der Waals surface area contributed by atoms with Gasteiger partial charge >= 0.3 is 0 Å². The van der Waals surface area contributed by atoms with E-state index in [9.17, 15) is 0 Å². The third-order valence-corrected chi connectivity index (χ3v) is 2.95. The van der Waals surface area contributed by atoms with E-state index in [1.54, 1.807) is 0 Å². The van der Waals surface area contributed by atoms with Crippen LogP contribution in [0.15, 0.2) is 35.5 Å². The summed E-state index contributed by atoms with van der Waals surface area (Å²) in [6.07, 6.45) is 12.4. The lowest BCUT2D eigenvalue weighted by Gasteiger charge is -2.22. The third-order valence-electron chi connectivity index (χ3n) is 2.95. The Labute approximate surface area is 110 Å². The highest BCUT2D eigenvalue weighted by molar-refractivity contribution is 5.70. The molecule has 0 spiro atoms. The molecule has 0 atom stereocenters. The molecule has 0 saturated heterocycles. The predicted molar refractivity (Wildman–Crippen MR) is 76.3 cm³/mol. The molecule has 0 N–H and O–H groups in total. The van der Waals surface area contributed by atoms with Gasteiger partial charge in [0.05, 0.1) is 6.04 Å². The molecule has 100 valence electrons. The molecule has 0 aliphatic heterocycles. The SMILES string of the molecule is C=C/C(=C\C=C/C)c1non1C(CCC)CCC. The highest BCUT2D eigenvalue weighted by atomic mass is 16.6. The monoisotopic (exact) mass is 248 g/mol. The van der Waals surface area contributed by atoms with Gasteiger partial charge in [0, 0.05) is 5.57 Å². The molecule has 3 nitrogen and oxygen atoms in total. The molecule has 0 fully saturated rings. The van der Waals surface area contributed by atoms with Gasteiger partial charge in [0.15, 0.2) is 0 Å². The molecule has 18 heavy (non-hydrogen) atoms. The summed E-state index contributed by atoms with van der Waals surface area (Å²) in [5.74, 6) is 0.898. The minimum Gasteiger partial charge on any atom is -0.264 e. The number of nitrogens with zero attached hydrogens (tertiary/aromatic N) is 2. The van der Waals surface area contributed by atoms with Gasteiger partial charge in [-0.2, -0.15) is 4.74 Å². The summed E-state index contributed by atoms with van der Waals surface area (Å²) in [5.41, 5.74) is 1.01. The molecular formula is C15H24N2O. The van der Waals surface area contributed by atoms with Crippen molar-refractivity contribution in [3.05, 3.63) is 36.7 Å². The molecule has 0 saturated carbocycles. The molecule has 0 aliphatic carbocycles. The molecule has 1 aromatic rings. The fourth-order valence-electron chi connectivity index (χ4n) is 2.03. The fourth-order valence-corrected chi connectivity index (χ4v) is 2.03. The molecule has 1 heterocycles. The molecule has 0 radical (unpaired) electrons. The van der Waals surface area contributed by atoms with E-state index < -0.39 is 0 Å². The minimum atomic E-state index is 0.418. The first-order valence-corrected chi connectivity index (χ1v) is 6.78. The van der Waals surface area contributed by atoms with Crippen LogP contribution in [0.3, 0.4) is 0 Å². The van der Waals surface area contributed by atoms with Crippen LogP contribution in [-0.4, -0.2) is 9.90 Å². The van der Waals surface area contributed by atoms with E-state index in [0.717, 1.165) is 37.1 Å². The Morgan fingerprint density at radius 1 is 1.39 bits per heavy atom. The summed E-state index contributed by atoms with van der Waals surface area (Å²) in [5, 5.41) is 4.03. The maximum atomic E-state index is 5.28. The summed E-state index contributed by atoms with van der Waals surface area (Å²) in [6.45, 7) is 10.2. The molecule has 0 bridgehead atoms. The van der Waals surface area contributed by atoms with Gasteiger partial charge in [0.25, 0.3) is 0 Å². The molecule has 0 unspecified atom stereocenters. The standard InChI is InChI=1S/C15H24N2O/c1-5-9-12-13(8-4)15-16-18-17(15)14(10-6-2)11-7-3/h5,8-9,12,14H,4,6-7,10-11H2,1-3H3/b9-5-,13-12+. The second-order valence-electron chi connectivity index (χ2n) is 4.41. The van der Waals surface area contributed by atoms with Crippen molar-refractivity contribution in [2.24, 2.45) is 0 Å². The molecular weight excluding hydrogens is 224 g/mol. The number of aromatic nitrogens is 2. The van der Waals surface area contributed by atoms with E-state index in [1.807, 2.05) is 36.0 Å². The topological polar surface area (TPSA) is 31.0 Å². The summed E-state index contributed by atoms with van der Waals surface area (Å²) >= 11 is 0. The Bertz CT molecular complexity index is 404. The van der Waals surface area contributed by atoms with Gasteiger partial charge in [-0.15, -0.1) is 0 Å². The van der Waals surface area contributed by atoms with Gasteiger partial charge in [-0.1, -0.05) is 57.6 Å². The zero-order valence-corrected chi connectivity index (χ0v) is 11.7. The van der Waals surface area contributed by atoms with Gasteiger partial charge in [0.1, 0.15) is 0 Å². The molecule has 0 aliphatic rings. The van der Waals surface area contributed by atoms with Crippen LogP contribution in [0.2, 0.25) is 0 Å². The first kappa shape index (κ1) is 14.6. The van der Waals surface area contributed by atoms with Crippen LogP contribution in [-0.2, 0) is 0 Å². The maximum Gasteiger partial charge on any atom is 0.215 e. The predicted octanol–water partition coefficient (Wildman–Crippen LogP) is 4.76. The van der Waals surface area contributed by atoms with Crippen LogP contribution < -0.4 is 0 Å². The van der Waals surface area contributed by atoms with E-state index in [1.165, 1.54) is 0 Å². The van der Waals surface area contributed by atoms with Crippen LogP contribution in [0.1, 0.15) is 58.3 Å². The summed E-state index contributed by atoms with van der Waals surface area (Å²) in [6, 6.07) is 0.418. The van der Waals surface area contributed by atoms with E-state index in [0.29, 0.717) is 6.04 Å². The highest BCUT2D eigenvalue weighted by Gasteiger charge is 2.20. The van der Waals surface area contributed by atoms with Gasteiger partial charge in [-0.25, -0.2) is 0 Å². The second-order valence-corrected chi connectivity index (χ2v) is 4.41. The lowest BCUT2D eigenvalue weighted by atomic mass is 10.1. The van der Waals surface area contributed by atoms with Gasteiger partial charge in [0.2, 0.25) is 5.82 Å². The summed E-state index contributed by atoms with van der Waals surface area (Å²) in [7, 11) is 0. The number of rotatable bonds is 8. The zero-order valence-electron chi connectivity index (χ0n) is 11.7. The van der Waals surface area contributed by atoms with Crippen LogP contribution >= 0.6 is 0 Å². The van der Waals surface area contributed by atoms with Crippen LogP contribution in [0.25, 0.3) is 5.57 Å². The van der Waals surface area contributed by atoms with Crippen molar-refractivity contribution in [3.8, 4) is 0 Å². The number of allylic oxidation sites excluding steroid dienone is 5. The van der Waals surface area contributed by atoms with E-state index in [4.69, 9.17) is 4.63 Å². The van der Waals surface area contributed by atoms with Crippen molar-refractivity contribution in [3.63, 3.8) is 0 Å². The average Bonchev–Trinajstić information content (AvgIpc) is 2.33. The summed E-state index contributed by atoms with van der Waals surface area (Å²) in [4.78, 5) is 0. The quantitative estimate of drug-likeness (QED) is 0.621. The lowest BCUT2D eigenvalue weighted by Crippen LogP contribution is -2.19. The normalized spacial score (nSPS) is 12.8. The van der Waals surface area contributed by atoms with Crippen molar-refractivity contribution < 1.29 is 4.63 Å². The largest absolute Gasteiger partial charge is 0.264 e. The Kier molecular flexibility index (Phi) is 6.26. The van der Waals surface area contributed by atoms with E-state index >= 15 is 0 Å². The first-order valence-electron chi connectivity index (χ1n) is 6.78. The van der Waals surface area contributed by atoms with Crippen molar-refractivity contribution in [2.75, 3.05) is 0 Å².